The third-order valence-electron chi connectivity index (χ3n) is 8.57. The van der Waals surface area contributed by atoms with E-state index in [2.05, 4.69) is 81.4 Å². The van der Waals surface area contributed by atoms with Crippen LogP contribution < -0.4 is 18.9 Å². The molecule has 0 saturated heterocycles. The molecule has 0 aliphatic rings. The molecule has 0 amide bonds. The molecule has 2 aromatic heterocycles. The Labute approximate surface area is 384 Å². The standard InChI is InChI=1S/2C23H32O2S3.Ni/c2*1-15(2)10-12-24-18-7-8-20(25-13-11-16(3)4)19(14-18)22(26)23(27)21-9-6-17(5)28-21;/h2*6-9,14-16,26-27H,10-13H2,1-5H3;/p-4/b2*23-22-;. The monoisotopic (exact) mass is 926 g/mol. The molecule has 0 bridgehead atoms. The number of thiophene rings is 2. The van der Waals surface area contributed by atoms with Gasteiger partial charge in [0, 0.05) is 36.0 Å². The molecule has 11 heteroatoms. The van der Waals surface area contributed by atoms with Crippen LogP contribution in [0.2, 0.25) is 0 Å². The molecule has 0 aliphatic carbocycles. The zero-order chi connectivity index (χ0) is 41.4. The van der Waals surface area contributed by atoms with Crippen LogP contribution in [-0.4, -0.2) is 26.4 Å². The topological polar surface area (TPSA) is 36.9 Å². The summed E-state index contributed by atoms with van der Waals surface area (Å²) in [6.07, 6.45) is 4.01. The number of hydrogen-bond acceptors (Lipinski definition) is 10. The van der Waals surface area contributed by atoms with Crippen molar-refractivity contribution in [2.24, 2.45) is 23.7 Å². The quantitative estimate of drug-likeness (QED) is 0.0641. The second-order valence-corrected chi connectivity index (χ2v) is 19.8. The normalized spacial score (nSPS) is 12.2. The van der Waals surface area contributed by atoms with Crippen LogP contribution in [0.15, 0.2) is 60.7 Å². The Kier molecular flexibility index (Phi) is 23.4. The van der Waals surface area contributed by atoms with Gasteiger partial charge in [-0.25, -0.2) is 0 Å². The van der Waals surface area contributed by atoms with Crippen molar-refractivity contribution in [2.75, 3.05) is 26.4 Å². The summed E-state index contributed by atoms with van der Waals surface area (Å²) in [6.45, 7) is 24.4. The van der Waals surface area contributed by atoms with E-state index in [0.717, 1.165) is 69.6 Å². The summed E-state index contributed by atoms with van der Waals surface area (Å²) in [7, 11) is 0. The van der Waals surface area contributed by atoms with Gasteiger partial charge in [-0.05, 0) is 135 Å². The van der Waals surface area contributed by atoms with Crippen LogP contribution in [0.1, 0.15) is 112 Å². The van der Waals surface area contributed by atoms with E-state index in [0.29, 0.717) is 69.7 Å². The molecule has 4 aromatic rings. The van der Waals surface area contributed by atoms with Crippen LogP contribution in [0.4, 0.5) is 0 Å². The Balaban J connectivity index is 0.000000387. The van der Waals surface area contributed by atoms with Gasteiger partial charge in [0.1, 0.15) is 23.0 Å². The fourth-order valence-electron chi connectivity index (χ4n) is 5.02. The largest absolute Gasteiger partial charge is 0.780 e. The SMILES string of the molecule is Cc1ccc(/C([S-])=C(/[S-])c2cc(OCCC(C)C)ccc2OCCC(C)C)s1.Cc1ccc(/C([S-])=C(/[S-])c2cc(OCCC(C)C)ccc2OCCC(C)C)s1.[Ni]. The minimum Gasteiger partial charge on any atom is -0.780 e. The van der Waals surface area contributed by atoms with E-state index < -0.39 is 0 Å². The molecule has 57 heavy (non-hydrogen) atoms. The van der Waals surface area contributed by atoms with Gasteiger partial charge in [-0.15, -0.1) is 22.7 Å². The molecule has 0 radical (unpaired) electrons. The molecule has 0 spiro atoms. The van der Waals surface area contributed by atoms with Crippen molar-refractivity contribution in [3.63, 3.8) is 0 Å². The zero-order valence-corrected chi connectivity index (χ0v) is 41.0. The molecule has 0 saturated carbocycles. The van der Waals surface area contributed by atoms with Crippen molar-refractivity contribution >= 4 is 92.8 Å². The van der Waals surface area contributed by atoms with Gasteiger partial charge in [0.15, 0.2) is 0 Å². The van der Waals surface area contributed by atoms with Crippen molar-refractivity contribution in [3.8, 4) is 23.0 Å². The maximum absolute atomic E-state index is 6.06. The van der Waals surface area contributed by atoms with Crippen LogP contribution >= 0.6 is 22.7 Å². The Morgan fingerprint density at radius 3 is 1.05 bits per heavy atom. The van der Waals surface area contributed by atoms with E-state index in [1.807, 2.05) is 48.5 Å². The molecule has 0 aliphatic heterocycles. The van der Waals surface area contributed by atoms with Gasteiger partial charge in [0.25, 0.3) is 0 Å². The van der Waals surface area contributed by atoms with E-state index in [1.54, 1.807) is 22.7 Å². The molecule has 0 unspecified atom stereocenters. The molecule has 318 valence electrons. The average molecular weight is 928 g/mol. The van der Waals surface area contributed by atoms with Crippen LogP contribution in [0, 0.1) is 37.5 Å². The number of rotatable bonds is 20. The third-order valence-corrected chi connectivity index (χ3v) is 12.8. The Morgan fingerprint density at radius 1 is 0.456 bits per heavy atom. The molecule has 4 rings (SSSR count). The van der Waals surface area contributed by atoms with E-state index in [4.69, 9.17) is 69.5 Å². The molecule has 2 heterocycles. The summed E-state index contributed by atoms with van der Waals surface area (Å²) in [4.78, 5) is 7.17. The van der Waals surface area contributed by atoms with Gasteiger partial charge in [0.05, 0.1) is 26.4 Å². The maximum Gasteiger partial charge on any atom is 0.125 e. The van der Waals surface area contributed by atoms with Crippen molar-refractivity contribution in [1.82, 2.24) is 0 Å². The summed E-state index contributed by atoms with van der Waals surface area (Å²) < 4.78 is 24.0. The van der Waals surface area contributed by atoms with E-state index in [1.165, 1.54) is 9.75 Å². The first-order valence-corrected chi connectivity index (χ1v) is 22.9. The summed E-state index contributed by atoms with van der Waals surface area (Å²) >= 11 is 26.2. The van der Waals surface area contributed by atoms with Gasteiger partial charge in [-0.2, -0.15) is 19.6 Å². The number of aryl methyl sites for hydroxylation is 2. The van der Waals surface area contributed by atoms with Gasteiger partial charge in [-0.1, -0.05) is 55.4 Å². The second kappa shape index (κ2) is 26.2. The molecular formula is C46H60NiO4S6-4. The van der Waals surface area contributed by atoms with Crippen molar-refractivity contribution < 1.29 is 35.4 Å². The Morgan fingerprint density at radius 2 is 0.772 bits per heavy atom. The first kappa shape index (κ1) is 51.0. The number of ether oxygens (including phenoxy) is 4. The zero-order valence-electron chi connectivity index (χ0n) is 35.1. The minimum absolute atomic E-state index is 0. The minimum atomic E-state index is 0. The van der Waals surface area contributed by atoms with Crippen LogP contribution in [-0.2, 0) is 67.0 Å². The Bertz CT molecular complexity index is 1720. The second-order valence-electron chi connectivity index (χ2n) is 15.6. The van der Waals surface area contributed by atoms with E-state index in [-0.39, 0.29) is 16.5 Å². The maximum atomic E-state index is 6.06. The number of benzene rings is 2. The van der Waals surface area contributed by atoms with Crippen LogP contribution in [0.5, 0.6) is 23.0 Å². The van der Waals surface area contributed by atoms with Gasteiger partial charge in [-0.3, -0.25) is 0 Å². The predicted molar refractivity (Wildman–Crippen MR) is 254 cm³/mol. The fraction of sp³-hybridized carbons (Fsp3) is 0.478. The summed E-state index contributed by atoms with van der Waals surface area (Å²) in [6, 6.07) is 20.0. The molecule has 0 fully saturated rings. The number of hydrogen-bond donors (Lipinski definition) is 0. The molecule has 0 N–H and O–H groups in total. The molecule has 4 nitrogen and oxygen atoms in total. The van der Waals surface area contributed by atoms with E-state index >= 15 is 0 Å². The summed E-state index contributed by atoms with van der Waals surface area (Å²) in [5.74, 6) is 5.55. The Hall–Kier alpha value is -2.11. The smallest absolute Gasteiger partial charge is 0.125 e. The van der Waals surface area contributed by atoms with E-state index in [9.17, 15) is 0 Å². The molecular weight excluding hydrogens is 868 g/mol. The average Bonchev–Trinajstić information content (AvgIpc) is 3.79. The molecule has 2 aromatic carbocycles. The third kappa shape index (κ3) is 18.0. The first-order chi connectivity index (χ1) is 26.5. The van der Waals surface area contributed by atoms with Crippen LogP contribution in [0.25, 0.3) is 19.6 Å². The van der Waals surface area contributed by atoms with Crippen molar-refractivity contribution in [2.45, 2.75) is 94.9 Å². The van der Waals surface area contributed by atoms with Crippen LogP contribution in [0.3, 0.4) is 0 Å². The van der Waals surface area contributed by atoms with Gasteiger partial charge < -0.3 is 69.5 Å². The van der Waals surface area contributed by atoms with Gasteiger partial charge in [0.2, 0.25) is 0 Å². The van der Waals surface area contributed by atoms with Crippen molar-refractivity contribution in [1.29, 1.82) is 0 Å². The van der Waals surface area contributed by atoms with Crippen molar-refractivity contribution in [3.05, 3.63) is 91.3 Å². The summed E-state index contributed by atoms with van der Waals surface area (Å²) in [5, 5.41) is 0. The predicted octanol–water partition coefficient (Wildman–Crippen LogP) is 13.6. The molecule has 0 atom stereocenters. The van der Waals surface area contributed by atoms with Gasteiger partial charge >= 0.3 is 0 Å². The summed E-state index contributed by atoms with van der Waals surface area (Å²) in [5.41, 5.74) is 1.69. The first-order valence-electron chi connectivity index (χ1n) is 19.7. The fourth-order valence-corrected chi connectivity index (χ4v) is 7.92.